The lowest BCUT2D eigenvalue weighted by atomic mass is 9.95. The van der Waals surface area contributed by atoms with Crippen LogP contribution in [0.3, 0.4) is 0 Å². The molecule has 2 heterocycles. The number of allylic oxidation sites excluding steroid dienone is 1. The summed E-state index contributed by atoms with van der Waals surface area (Å²) in [4.78, 5) is 1.52. The summed E-state index contributed by atoms with van der Waals surface area (Å²) in [5.74, 6) is 1.79. The van der Waals surface area contributed by atoms with E-state index in [0.29, 0.717) is 6.54 Å². The van der Waals surface area contributed by atoms with Gasteiger partial charge in [0.05, 0.1) is 0 Å². The van der Waals surface area contributed by atoms with Gasteiger partial charge in [0.1, 0.15) is 0 Å². The highest BCUT2D eigenvalue weighted by molar-refractivity contribution is 7.98. The van der Waals surface area contributed by atoms with Crippen molar-refractivity contribution >= 4 is 34.7 Å². The molecule has 0 amide bonds. The van der Waals surface area contributed by atoms with E-state index in [1.807, 2.05) is 35.6 Å². The molecule has 2 aromatic heterocycles. The van der Waals surface area contributed by atoms with E-state index in [1.54, 1.807) is 11.8 Å². The van der Waals surface area contributed by atoms with E-state index < -0.39 is 0 Å². The van der Waals surface area contributed by atoms with Gasteiger partial charge in [0.25, 0.3) is 0 Å². The lowest BCUT2D eigenvalue weighted by molar-refractivity contribution is 0.694. The van der Waals surface area contributed by atoms with Gasteiger partial charge in [-0.1, -0.05) is 41.6 Å². The average Bonchev–Trinajstić information content (AvgIpc) is 3.24. The second-order valence-electron chi connectivity index (χ2n) is 6.38. The Morgan fingerprint density at radius 3 is 3.00 bits per heavy atom. The molecule has 0 spiro atoms. The number of nitrogens with zero attached hydrogens (tertiary/aromatic N) is 3. The van der Waals surface area contributed by atoms with Gasteiger partial charge in [0, 0.05) is 33.1 Å². The number of thiophene rings is 1. The van der Waals surface area contributed by atoms with Crippen LogP contribution in [0.15, 0.2) is 47.5 Å². The molecule has 0 radical (unpaired) electrons. The van der Waals surface area contributed by atoms with Crippen molar-refractivity contribution in [1.82, 2.24) is 14.8 Å². The Kier molecular flexibility index (Phi) is 5.48. The summed E-state index contributed by atoms with van der Waals surface area (Å²) < 4.78 is 2.18. The molecular formula is C20H20ClN3S2. The maximum Gasteiger partial charge on any atom is 0.192 e. The van der Waals surface area contributed by atoms with Gasteiger partial charge in [-0.3, -0.25) is 4.57 Å². The molecule has 3 nitrogen and oxygen atoms in total. The summed E-state index contributed by atoms with van der Waals surface area (Å²) in [5.41, 5.74) is 3.92. The van der Waals surface area contributed by atoms with Crippen LogP contribution < -0.4 is 0 Å². The number of hydrogen-bond acceptors (Lipinski definition) is 4. The lowest BCUT2D eigenvalue weighted by Crippen LogP contribution is -2.04. The Morgan fingerprint density at radius 2 is 2.15 bits per heavy atom. The van der Waals surface area contributed by atoms with Crippen LogP contribution in [0.2, 0.25) is 5.02 Å². The van der Waals surface area contributed by atoms with Crippen LogP contribution in [-0.2, 0) is 25.1 Å². The number of fused-ring (bicyclic) bond motifs is 1. The van der Waals surface area contributed by atoms with Crippen LogP contribution in [0, 0.1) is 0 Å². The predicted octanol–water partition coefficient (Wildman–Crippen LogP) is 6.02. The number of hydrogen-bond donors (Lipinski definition) is 0. The zero-order chi connectivity index (χ0) is 17.9. The number of aryl methyl sites for hydroxylation is 1. The number of aromatic nitrogens is 3. The topological polar surface area (TPSA) is 30.7 Å². The standard InChI is InChI=1S/C20H20ClN3S2/c1-2-10-24-19(17-13-25-18-9-4-3-8-16(17)18)22-23-20(24)26-12-14-6-5-7-15(21)11-14/h2,5-7,11,13H,1,3-4,8-10,12H2. The molecule has 1 aromatic carbocycles. The third kappa shape index (κ3) is 3.61. The van der Waals surface area contributed by atoms with Gasteiger partial charge in [-0.2, -0.15) is 0 Å². The van der Waals surface area contributed by atoms with Crippen LogP contribution in [-0.4, -0.2) is 14.8 Å². The quantitative estimate of drug-likeness (QED) is 0.374. The Bertz CT molecular complexity index is 929. The van der Waals surface area contributed by atoms with Crippen molar-refractivity contribution in [3.05, 3.63) is 63.3 Å². The molecule has 3 aromatic rings. The first-order chi connectivity index (χ1) is 12.8. The first kappa shape index (κ1) is 17.8. The Labute approximate surface area is 167 Å². The van der Waals surface area contributed by atoms with E-state index in [0.717, 1.165) is 28.2 Å². The second-order valence-corrected chi connectivity index (χ2v) is 8.73. The molecule has 0 fully saturated rings. The number of thioether (sulfide) groups is 1. The largest absolute Gasteiger partial charge is 0.298 e. The van der Waals surface area contributed by atoms with E-state index in [2.05, 4.69) is 32.8 Å². The van der Waals surface area contributed by atoms with Crippen LogP contribution in [0.1, 0.15) is 28.8 Å². The molecule has 0 saturated heterocycles. The maximum absolute atomic E-state index is 6.09. The van der Waals surface area contributed by atoms with Crippen molar-refractivity contribution in [1.29, 1.82) is 0 Å². The summed E-state index contributed by atoms with van der Waals surface area (Å²) in [6.45, 7) is 4.63. The molecule has 4 rings (SSSR count). The highest BCUT2D eigenvalue weighted by atomic mass is 35.5. The van der Waals surface area contributed by atoms with Crippen molar-refractivity contribution in [2.45, 2.75) is 43.1 Å². The number of benzene rings is 1. The van der Waals surface area contributed by atoms with Crippen molar-refractivity contribution < 1.29 is 0 Å². The van der Waals surface area contributed by atoms with Gasteiger partial charge >= 0.3 is 0 Å². The van der Waals surface area contributed by atoms with Crippen LogP contribution in [0.4, 0.5) is 0 Å². The highest BCUT2D eigenvalue weighted by Crippen LogP contribution is 2.37. The third-order valence-electron chi connectivity index (χ3n) is 4.59. The fourth-order valence-electron chi connectivity index (χ4n) is 3.34. The SMILES string of the molecule is C=CCn1c(SCc2cccc(Cl)c2)nnc1-c1csc2c1CCCC2. The molecule has 134 valence electrons. The van der Waals surface area contributed by atoms with Crippen LogP contribution in [0.5, 0.6) is 0 Å². The van der Waals surface area contributed by atoms with Gasteiger partial charge in [0.15, 0.2) is 11.0 Å². The minimum absolute atomic E-state index is 0.713. The first-order valence-corrected chi connectivity index (χ1v) is 11.0. The van der Waals surface area contributed by atoms with E-state index in [1.165, 1.54) is 40.8 Å². The Balaban J connectivity index is 1.63. The summed E-state index contributed by atoms with van der Waals surface area (Å²) >= 11 is 9.65. The third-order valence-corrected chi connectivity index (χ3v) is 6.95. The van der Waals surface area contributed by atoms with E-state index in [9.17, 15) is 0 Å². The Morgan fingerprint density at radius 1 is 1.27 bits per heavy atom. The van der Waals surface area contributed by atoms with Crippen LogP contribution >= 0.6 is 34.7 Å². The molecular weight excluding hydrogens is 382 g/mol. The summed E-state index contributed by atoms with van der Waals surface area (Å²) in [5, 5.41) is 13.0. The van der Waals surface area contributed by atoms with E-state index >= 15 is 0 Å². The molecule has 1 aliphatic carbocycles. The maximum atomic E-state index is 6.09. The normalized spacial score (nSPS) is 13.6. The van der Waals surface area contributed by atoms with Crippen molar-refractivity contribution in [2.24, 2.45) is 0 Å². The molecule has 0 saturated carbocycles. The summed E-state index contributed by atoms with van der Waals surface area (Å²) in [6, 6.07) is 7.96. The summed E-state index contributed by atoms with van der Waals surface area (Å²) in [7, 11) is 0. The summed E-state index contributed by atoms with van der Waals surface area (Å²) in [6.07, 6.45) is 6.83. The van der Waals surface area contributed by atoms with Gasteiger partial charge in [-0.15, -0.1) is 28.1 Å². The van der Waals surface area contributed by atoms with E-state index in [4.69, 9.17) is 11.6 Å². The highest BCUT2D eigenvalue weighted by Gasteiger charge is 2.21. The minimum atomic E-state index is 0.713. The lowest BCUT2D eigenvalue weighted by Gasteiger charge is -2.13. The monoisotopic (exact) mass is 401 g/mol. The van der Waals surface area contributed by atoms with Crippen molar-refractivity contribution in [3.63, 3.8) is 0 Å². The average molecular weight is 402 g/mol. The zero-order valence-corrected chi connectivity index (χ0v) is 16.8. The molecule has 0 unspecified atom stereocenters. The molecule has 0 bridgehead atoms. The molecule has 0 N–H and O–H groups in total. The van der Waals surface area contributed by atoms with Gasteiger partial charge in [-0.05, 0) is 48.9 Å². The smallest absolute Gasteiger partial charge is 0.192 e. The predicted molar refractivity (Wildman–Crippen MR) is 111 cm³/mol. The zero-order valence-electron chi connectivity index (χ0n) is 14.4. The Hall–Kier alpha value is -1.56. The molecule has 0 aliphatic heterocycles. The van der Waals surface area contributed by atoms with Gasteiger partial charge in [0.2, 0.25) is 0 Å². The van der Waals surface area contributed by atoms with Crippen molar-refractivity contribution in [3.8, 4) is 11.4 Å². The number of halogens is 1. The fraction of sp³-hybridized carbons (Fsp3) is 0.300. The molecule has 0 atom stereocenters. The second kappa shape index (κ2) is 7.99. The first-order valence-electron chi connectivity index (χ1n) is 8.77. The van der Waals surface area contributed by atoms with Gasteiger partial charge in [-0.25, -0.2) is 0 Å². The number of rotatable bonds is 6. The van der Waals surface area contributed by atoms with E-state index in [-0.39, 0.29) is 0 Å². The minimum Gasteiger partial charge on any atom is -0.298 e. The molecule has 6 heteroatoms. The van der Waals surface area contributed by atoms with Crippen molar-refractivity contribution in [2.75, 3.05) is 0 Å². The molecule has 1 aliphatic rings. The van der Waals surface area contributed by atoms with Gasteiger partial charge < -0.3 is 0 Å². The molecule has 26 heavy (non-hydrogen) atoms. The fourth-order valence-corrected chi connectivity index (χ4v) is 5.57. The van der Waals surface area contributed by atoms with Crippen LogP contribution in [0.25, 0.3) is 11.4 Å².